The summed E-state index contributed by atoms with van der Waals surface area (Å²) in [6, 6.07) is 5.14. The van der Waals surface area contributed by atoms with Crippen LogP contribution in [0.25, 0.3) is 0 Å². The lowest BCUT2D eigenvalue weighted by Crippen LogP contribution is -2.29. The first-order valence-corrected chi connectivity index (χ1v) is 5.98. The van der Waals surface area contributed by atoms with Gasteiger partial charge in [-0.1, -0.05) is 6.07 Å². The van der Waals surface area contributed by atoms with Crippen LogP contribution >= 0.6 is 0 Å². The summed E-state index contributed by atoms with van der Waals surface area (Å²) in [6.45, 7) is 2.09. The van der Waals surface area contributed by atoms with E-state index in [2.05, 4.69) is 0 Å². The van der Waals surface area contributed by atoms with Gasteiger partial charge in [0, 0.05) is 12.6 Å². The van der Waals surface area contributed by atoms with Crippen LogP contribution in [0, 0.1) is 5.82 Å². The van der Waals surface area contributed by atoms with E-state index in [-0.39, 0.29) is 12.4 Å². The van der Waals surface area contributed by atoms with Crippen molar-refractivity contribution < 1.29 is 14.6 Å². The van der Waals surface area contributed by atoms with Crippen molar-refractivity contribution in [2.45, 2.75) is 31.9 Å². The zero-order chi connectivity index (χ0) is 12.4. The highest BCUT2D eigenvalue weighted by molar-refractivity contribution is 5.51. The van der Waals surface area contributed by atoms with Gasteiger partial charge in [0.25, 0.3) is 0 Å². The number of rotatable bonds is 5. The Balaban J connectivity index is 2.24. The Morgan fingerprint density at radius 3 is 2.65 bits per heavy atom. The average molecular weight is 239 g/mol. The maximum absolute atomic E-state index is 13.9. The third-order valence-corrected chi connectivity index (χ3v) is 3.09. The van der Waals surface area contributed by atoms with Crippen LogP contribution in [0.4, 0.5) is 10.1 Å². The first-order valence-electron chi connectivity index (χ1n) is 5.98. The first-order chi connectivity index (χ1) is 8.13. The highest BCUT2D eigenvalue weighted by Crippen LogP contribution is 2.33. The van der Waals surface area contributed by atoms with Crippen LogP contribution in [0.1, 0.15) is 31.4 Å². The maximum Gasteiger partial charge on any atom is 0.146 e. The van der Waals surface area contributed by atoms with E-state index >= 15 is 0 Å². The van der Waals surface area contributed by atoms with Crippen molar-refractivity contribution in [1.82, 2.24) is 0 Å². The Morgan fingerprint density at radius 1 is 1.47 bits per heavy atom. The SMILES string of the molecule is C[C@@H](O)c1ccc(N(CCO)C2CC2)c(F)c1. The van der Waals surface area contributed by atoms with Gasteiger partial charge in [-0.25, -0.2) is 4.39 Å². The predicted molar refractivity (Wildman–Crippen MR) is 64.5 cm³/mol. The van der Waals surface area contributed by atoms with Gasteiger partial charge in [0.05, 0.1) is 18.4 Å². The minimum absolute atomic E-state index is 0.0219. The molecule has 0 radical (unpaired) electrons. The molecule has 0 spiro atoms. The third-order valence-electron chi connectivity index (χ3n) is 3.09. The molecule has 17 heavy (non-hydrogen) atoms. The van der Waals surface area contributed by atoms with Crippen LogP contribution in [-0.2, 0) is 0 Å². The summed E-state index contributed by atoms with van der Waals surface area (Å²) in [7, 11) is 0. The second-order valence-corrected chi connectivity index (χ2v) is 4.53. The number of hydrogen-bond acceptors (Lipinski definition) is 3. The molecule has 0 aromatic heterocycles. The van der Waals surface area contributed by atoms with Crippen LogP contribution in [0.3, 0.4) is 0 Å². The molecule has 0 heterocycles. The lowest BCUT2D eigenvalue weighted by Gasteiger charge is -2.24. The fourth-order valence-corrected chi connectivity index (χ4v) is 2.01. The van der Waals surface area contributed by atoms with Gasteiger partial charge in [-0.15, -0.1) is 0 Å². The normalized spacial score (nSPS) is 16.9. The lowest BCUT2D eigenvalue weighted by atomic mass is 10.1. The van der Waals surface area contributed by atoms with Crippen molar-refractivity contribution in [2.75, 3.05) is 18.1 Å². The van der Waals surface area contributed by atoms with Crippen molar-refractivity contribution in [3.63, 3.8) is 0 Å². The minimum Gasteiger partial charge on any atom is -0.395 e. The molecule has 94 valence electrons. The van der Waals surface area contributed by atoms with Crippen LogP contribution in [-0.4, -0.2) is 29.4 Å². The average Bonchev–Trinajstić information content (AvgIpc) is 3.10. The van der Waals surface area contributed by atoms with E-state index in [1.54, 1.807) is 19.1 Å². The predicted octanol–water partition coefficient (Wildman–Crippen LogP) is 1.84. The number of aliphatic hydroxyl groups excluding tert-OH is 2. The molecule has 1 aliphatic rings. The molecular weight excluding hydrogens is 221 g/mol. The number of nitrogens with zero attached hydrogens (tertiary/aromatic N) is 1. The van der Waals surface area contributed by atoms with E-state index in [1.165, 1.54) is 6.07 Å². The summed E-state index contributed by atoms with van der Waals surface area (Å²) < 4.78 is 13.9. The summed E-state index contributed by atoms with van der Waals surface area (Å²) in [5.41, 5.74) is 1.09. The smallest absolute Gasteiger partial charge is 0.146 e. The van der Waals surface area contributed by atoms with E-state index < -0.39 is 6.10 Å². The lowest BCUT2D eigenvalue weighted by molar-refractivity contribution is 0.199. The van der Waals surface area contributed by atoms with Crippen molar-refractivity contribution in [3.8, 4) is 0 Å². The van der Waals surface area contributed by atoms with Crippen molar-refractivity contribution >= 4 is 5.69 Å². The number of aliphatic hydroxyl groups is 2. The fraction of sp³-hybridized carbons (Fsp3) is 0.538. The summed E-state index contributed by atoms with van der Waals surface area (Å²) in [4.78, 5) is 1.90. The van der Waals surface area contributed by atoms with E-state index in [0.29, 0.717) is 23.8 Å². The van der Waals surface area contributed by atoms with E-state index in [0.717, 1.165) is 12.8 Å². The van der Waals surface area contributed by atoms with Gasteiger partial charge in [-0.05, 0) is 37.5 Å². The van der Waals surface area contributed by atoms with Crippen molar-refractivity contribution in [2.24, 2.45) is 0 Å². The second-order valence-electron chi connectivity index (χ2n) is 4.53. The summed E-state index contributed by atoms with van der Waals surface area (Å²) in [6.07, 6.45) is 1.45. The fourth-order valence-electron chi connectivity index (χ4n) is 2.01. The quantitative estimate of drug-likeness (QED) is 0.824. The summed E-state index contributed by atoms with van der Waals surface area (Å²) >= 11 is 0. The van der Waals surface area contributed by atoms with Gasteiger partial charge in [-0.2, -0.15) is 0 Å². The number of hydrogen-bond donors (Lipinski definition) is 2. The Kier molecular flexibility index (Phi) is 3.64. The van der Waals surface area contributed by atoms with E-state index in [1.807, 2.05) is 4.90 Å². The minimum atomic E-state index is -0.661. The monoisotopic (exact) mass is 239 g/mol. The second kappa shape index (κ2) is 5.02. The summed E-state index contributed by atoms with van der Waals surface area (Å²) in [5.74, 6) is -0.330. The molecule has 2 N–H and O–H groups in total. The highest BCUT2D eigenvalue weighted by atomic mass is 19.1. The summed E-state index contributed by atoms with van der Waals surface area (Å²) in [5, 5.41) is 18.4. The molecule has 1 fully saturated rings. The molecule has 0 unspecified atom stereocenters. The van der Waals surface area contributed by atoms with Gasteiger partial charge in [0.1, 0.15) is 5.82 Å². The van der Waals surface area contributed by atoms with Gasteiger partial charge in [-0.3, -0.25) is 0 Å². The molecule has 0 saturated heterocycles. The van der Waals surface area contributed by atoms with E-state index in [4.69, 9.17) is 5.11 Å². The number of anilines is 1. The zero-order valence-electron chi connectivity index (χ0n) is 9.93. The third kappa shape index (κ3) is 2.76. The largest absolute Gasteiger partial charge is 0.395 e. The molecule has 1 aromatic carbocycles. The molecule has 2 rings (SSSR count). The molecule has 1 aromatic rings. The highest BCUT2D eigenvalue weighted by Gasteiger charge is 2.30. The first kappa shape index (κ1) is 12.3. The van der Waals surface area contributed by atoms with Gasteiger partial charge >= 0.3 is 0 Å². The Morgan fingerprint density at radius 2 is 2.18 bits per heavy atom. The van der Waals surface area contributed by atoms with Crippen molar-refractivity contribution in [1.29, 1.82) is 0 Å². The maximum atomic E-state index is 13.9. The Bertz CT molecular complexity index is 391. The molecule has 0 bridgehead atoms. The topological polar surface area (TPSA) is 43.7 Å². The molecule has 0 amide bonds. The molecule has 1 aliphatic carbocycles. The van der Waals surface area contributed by atoms with Crippen molar-refractivity contribution in [3.05, 3.63) is 29.6 Å². The van der Waals surface area contributed by atoms with E-state index in [9.17, 15) is 9.50 Å². The van der Waals surface area contributed by atoms with Crippen LogP contribution in [0.5, 0.6) is 0 Å². The molecule has 3 nitrogen and oxygen atoms in total. The van der Waals surface area contributed by atoms with Crippen LogP contribution < -0.4 is 4.90 Å². The standard InChI is InChI=1S/C13H18FNO2/c1-9(17)10-2-5-13(12(14)8-10)15(6-7-16)11-3-4-11/h2,5,8-9,11,16-17H,3-4,6-7H2,1H3/t9-/m1/s1. The van der Waals surface area contributed by atoms with Gasteiger partial charge in [0.15, 0.2) is 0 Å². The molecular formula is C13H18FNO2. The van der Waals surface area contributed by atoms with Gasteiger partial charge < -0.3 is 15.1 Å². The molecule has 1 saturated carbocycles. The zero-order valence-corrected chi connectivity index (χ0v) is 9.93. The Hall–Kier alpha value is -1.13. The number of halogens is 1. The molecule has 1 atom stereocenters. The molecule has 0 aliphatic heterocycles. The molecule has 4 heteroatoms. The Labute approximate surface area is 100 Å². The van der Waals surface area contributed by atoms with Gasteiger partial charge in [0.2, 0.25) is 0 Å². The number of benzene rings is 1. The van der Waals surface area contributed by atoms with Crippen LogP contribution in [0.2, 0.25) is 0 Å². The van der Waals surface area contributed by atoms with Crippen LogP contribution in [0.15, 0.2) is 18.2 Å².